The molecular weight excluding hydrogens is 254 g/mol. The molecule has 102 valence electrons. The van der Waals surface area contributed by atoms with E-state index in [-0.39, 0.29) is 5.78 Å². The number of anilines is 1. The van der Waals surface area contributed by atoms with Crippen LogP contribution in [0.5, 0.6) is 0 Å². The minimum Gasteiger partial charge on any atom is -0.451 e. The molecule has 0 spiro atoms. The highest BCUT2D eigenvalue weighted by molar-refractivity contribution is 6.01. The minimum absolute atomic E-state index is 0.227. The molecule has 0 saturated carbocycles. The Balaban J connectivity index is 2.04. The van der Waals surface area contributed by atoms with E-state index in [0.29, 0.717) is 16.8 Å². The van der Waals surface area contributed by atoms with Crippen LogP contribution in [-0.2, 0) is 4.74 Å². The zero-order chi connectivity index (χ0) is 14.5. The van der Waals surface area contributed by atoms with Gasteiger partial charge in [-0.1, -0.05) is 30.3 Å². The smallest absolute Gasteiger partial charge is 0.338 e. The van der Waals surface area contributed by atoms with E-state index in [0.717, 1.165) is 0 Å². The maximum atomic E-state index is 12.1. The Labute approximate surface area is 117 Å². The summed E-state index contributed by atoms with van der Waals surface area (Å²) >= 11 is 0. The number of Topliss-reactive ketones (excluding diaryl/α,β-unsaturated/α-hetero) is 1. The number of esters is 1. The first kappa shape index (κ1) is 13.8. The molecule has 0 bridgehead atoms. The number of hydrogen-bond acceptors (Lipinski definition) is 4. The van der Waals surface area contributed by atoms with Gasteiger partial charge in [0.05, 0.1) is 5.56 Å². The van der Waals surface area contributed by atoms with Crippen LogP contribution in [0.1, 0.15) is 27.6 Å². The predicted octanol–water partition coefficient (Wildman–Crippen LogP) is 2.70. The fraction of sp³-hybridized carbons (Fsp3) is 0.125. The van der Waals surface area contributed by atoms with Gasteiger partial charge in [-0.05, 0) is 31.2 Å². The van der Waals surface area contributed by atoms with Gasteiger partial charge in [-0.3, -0.25) is 4.79 Å². The van der Waals surface area contributed by atoms with Gasteiger partial charge in [-0.15, -0.1) is 0 Å². The molecule has 1 unspecified atom stereocenters. The lowest BCUT2D eigenvalue weighted by molar-refractivity contribution is 0.0319. The van der Waals surface area contributed by atoms with Crippen LogP contribution in [0.25, 0.3) is 0 Å². The molecule has 0 amide bonds. The third-order valence-electron chi connectivity index (χ3n) is 2.86. The van der Waals surface area contributed by atoms with Crippen molar-refractivity contribution in [2.75, 3.05) is 5.73 Å². The highest BCUT2D eigenvalue weighted by Crippen LogP contribution is 2.11. The van der Waals surface area contributed by atoms with Crippen molar-refractivity contribution in [3.05, 3.63) is 65.7 Å². The second-order valence-electron chi connectivity index (χ2n) is 4.40. The minimum atomic E-state index is -0.831. The standard InChI is InChI=1S/C16H15NO3/c1-11(15(18)12-5-3-2-4-6-12)20-16(19)13-7-9-14(17)10-8-13/h2-11H,17H2,1H3. The van der Waals surface area contributed by atoms with Crippen LogP contribution in [-0.4, -0.2) is 17.9 Å². The number of nitrogens with two attached hydrogens (primary N) is 1. The molecule has 4 heteroatoms. The summed E-state index contributed by atoms with van der Waals surface area (Å²) in [4.78, 5) is 24.0. The summed E-state index contributed by atoms with van der Waals surface area (Å²) in [6, 6.07) is 15.1. The van der Waals surface area contributed by atoms with Gasteiger partial charge in [-0.2, -0.15) is 0 Å². The molecule has 2 rings (SSSR count). The monoisotopic (exact) mass is 269 g/mol. The summed E-state index contributed by atoms with van der Waals surface area (Å²) in [5.41, 5.74) is 7.00. The highest BCUT2D eigenvalue weighted by Gasteiger charge is 2.19. The molecule has 2 aromatic carbocycles. The van der Waals surface area contributed by atoms with Gasteiger partial charge >= 0.3 is 5.97 Å². The van der Waals surface area contributed by atoms with E-state index in [2.05, 4.69) is 0 Å². The molecule has 0 aliphatic carbocycles. The number of carbonyl (C=O) groups is 2. The SMILES string of the molecule is CC(OC(=O)c1ccc(N)cc1)C(=O)c1ccccc1. The largest absolute Gasteiger partial charge is 0.451 e. The number of hydrogen-bond donors (Lipinski definition) is 1. The number of benzene rings is 2. The van der Waals surface area contributed by atoms with Gasteiger partial charge in [0, 0.05) is 11.3 Å². The first-order valence-corrected chi connectivity index (χ1v) is 6.23. The van der Waals surface area contributed by atoms with Crippen molar-refractivity contribution in [1.82, 2.24) is 0 Å². The molecule has 0 saturated heterocycles. The Kier molecular flexibility index (Phi) is 4.15. The van der Waals surface area contributed by atoms with Crippen LogP contribution in [0.15, 0.2) is 54.6 Å². The summed E-state index contributed by atoms with van der Waals surface area (Å²) in [5, 5.41) is 0. The van der Waals surface area contributed by atoms with Crippen molar-refractivity contribution in [3.63, 3.8) is 0 Å². The Morgan fingerprint density at radius 3 is 2.15 bits per heavy atom. The van der Waals surface area contributed by atoms with Gasteiger partial charge in [0.2, 0.25) is 5.78 Å². The van der Waals surface area contributed by atoms with Gasteiger partial charge in [0.25, 0.3) is 0 Å². The summed E-state index contributed by atoms with van der Waals surface area (Å²) < 4.78 is 5.16. The second kappa shape index (κ2) is 6.02. The fourth-order valence-electron chi connectivity index (χ4n) is 1.74. The Hall–Kier alpha value is -2.62. The van der Waals surface area contributed by atoms with Crippen molar-refractivity contribution >= 4 is 17.4 Å². The van der Waals surface area contributed by atoms with E-state index in [1.54, 1.807) is 55.5 Å². The van der Waals surface area contributed by atoms with Crippen LogP contribution in [0.2, 0.25) is 0 Å². The molecule has 0 aliphatic heterocycles. The summed E-state index contributed by atoms with van der Waals surface area (Å²) in [6.45, 7) is 1.56. The van der Waals surface area contributed by atoms with E-state index < -0.39 is 12.1 Å². The molecule has 0 fully saturated rings. The van der Waals surface area contributed by atoms with E-state index >= 15 is 0 Å². The number of rotatable bonds is 4. The zero-order valence-electron chi connectivity index (χ0n) is 11.1. The third-order valence-corrected chi connectivity index (χ3v) is 2.86. The summed E-state index contributed by atoms with van der Waals surface area (Å²) in [6.07, 6.45) is -0.831. The first-order valence-electron chi connectivity index (χ1n) is 6.23. The summed E-state index contributed by atoms with van der Waals surface area (Å²) in [5.74, 6) is -0.767. The molecule has 0 aliphatic rings. The van der Waals surface area contributed by atoms with Gasteiger partial charge in [-0.25, -0.2) is 4.79 Å². The number of ether oxygens (including phenoxy) is 1. The molecule has 0 heterocycles. The predicted molar refractivity (Wildman–Crippen MR) is 76.5 cm³/mol. The van der Waals surface area contributed by atoms with E-state index in [4.69, 9.17) is 10.5 Å². The van der Waals surface area contributed by atoms with Gasteiger partial charge in [0.15, 0.2) is 6.10 Å². The molecule has 0 aromatic heterocycles. The Morgan fingerprint density at radius 1 is 0.950 bits per heavy atom. The number of ketones is 1. The maximum Gasteiger partial charge on any atom is 0.338 e. The lowest BCUT2D eigenvalue weighted by Gasteiger charge is -2.12. The van der Waals surface area contributed by atoms with Crippen molar-refractivity contribution < 1.29 is 14.3 Å². The van der Waals surface area contributed by atoms with Crippen LogP contribution in [0.4, 0.5) is 5.69 Å². The first-order chi connectivity index (χ1) is 9.58. The normalized spacial score (nSPS) is 11.7. The third kappa shape index (κ3) is 3.23. The molecule has 0 radical (unpaired) electrons. The van der Waals surface area contributed by atoms with E-state index in [9.17, 15) is 9.59 Å². The van der Waals surface area contributed by atoms with E-state index in [1.165, 1.54) is 0 Å². The van der Waals surface area contributed by atoms with E-state index in [1.807, 2.05) is 6.07 Å². The molecule has 1 atom stereocenters. The van der Waals surface area contributed by atoms with Crippen LogP contribution < -0.4 is 5.73 Å². The molecular formula is C16H15NO3. The molecule has 4 nitrogen and oxygen atoms in total. The highest BCUT2D eigenvalue weighted by atomic mass is 16.5. The average molecular weight is 269 g/mol. The molecule has 2 N–H and O–H groups in total. The molecule has 20 heavy (non-hydrogen) atoms. The average Bonchev–Trinajstić information content (AvgIpc) is 2.48. The number of carbonyl (C=O) groups excluding carboxylic acids is 2. The van der Waals surface area contributed by atoms with Crippen molar-refractivity contribution in [2.45, 2.75) is 13.0 Å². The topological polar surface area (TPSA) is 69.4 Å². The van der Waals surface area contributed by atoms with Gasteiger partial charge in [0.1, 0.15) is 0 Å². The number of nitrogen functional groups attached to an aromatic ring is 1. The second-order valence-corrected chi connectivity index (χ2v) is 4.40. The van der Waals surface area contributed by atoms with Crippen LogP contribution >= 0.6 is 0 Å². The van der Waals surface area contributed by atoms with Crippen molar-refractivity contribution in [2.24, 2.45) is 0 Å². The Morgan fingerprint density at radius 2 is 1.55 bits per heavy atom. The van der Waals surface area contributed by atoms with Crippen molar-refractivity contribution in [1.29, 1.82) is 0 Å². The maximum absolute atomic E-state index is 12.1. The summed E-state index contributed by atoms with van der Waals surface area (Å²) in [7, 11) is 0. The van der Waals surface area contributed by atoms with Crippen molar-refractivity contribution in [3.8, 4) is 0 Å². The Bertz CT molecular complexity index is 605. The zero-order valence-corrected chi connectivity index (χ0v) is 11.1. The fourth-order valence-corrected chi connectivity index (χ4v) is 1.74. The molecule has 2 aromatic rings. The van der Waals surface area contributed by atoms with Gasteiger partial charge < -0.3 is 10.5 Å². The lowest BCUT2D eigenvalue weighted by atomic mass is 10.1. The lowest BCUT2D eigenvalue weighted by Crippen LogP contribution is -2.24. The van der Waals surface area contributed by atoms with Crippen LogP contribution in [0, 0.1) is 0 Å². The quantitative estimate of drug-likeness (QED) is 0.526. The van der Waals surface area contributed by atoms with Crippen LogP contribution in [0.3, 0.4) is 0 Å².